The molecule has 2 atom stereocenters. The fourth-order valence-electron chi connectivity index (χ4n) is 1.02. The number of nitrogens with two attached hydrogens (primary N) is 1. The Kier molecular flexibility index (Phi) is 5.06. The summed E-state index contributed by atoms with van der Waals surface area (Å²) >= 11 is 0. The van der Waals surface area contributed by atoms with E-state index in [0.29, 0.717) is 12.8 Å². The third kappa shape index (κ3) is 6.10. The van der Waals surface area contributed by atoms with E-state index in [4.69, 9.17) is 15.9 Å². The van der Waals surface area contributed by atoms with Gasteiger partial charge in [0.15, 0.2) is 0 Å². The van der Waals surface area contributed by atoms with Crippen molar-refractivity contribution in [3.63, 3.8) is 0 Å². The average molecular weight is 189 g/mol. The molecule has 0 fully saturated rings. The maximum absolute atomic E-state index is 10.3. The van der Waals surface area contributed by atoms with Crippen molar-refractivity contribution in [3.8, 4) is 0 Å². The molecule has 0 bridgehead atoms. The average Bonchev–Trinajstić information content (AvgIpc) is 2.00. The number of carbonyl (C=O) groups is 2. The molecule has 0 saturated carbocycles. The van der Waals surface area contributed by atoms with Gasteiger partial charge in [0.25, 0.3) is 0 Å². The van der Waals surface area contributed by atoms with Crippen molar-refractivity contribution in [3.05, 3.63) is 0 Å². The molecule has 13 heavy (non-hydrogen) atoms. The van der Waals surface area contributed by atoms with Crippen LogP contribution in [0.1, 0.15) is 26.2 Å². The number of carboxylic acids is 2. The Balaban J connectivity index is 3.67. The monoisotopic (exact) mass is 189 g/mol. The van der Waals surface area contributed by atoms with Gasteiger partial charge in [-0.05, 0) is 18.8 Å². The van der Waals surface area contributed by atoms with E-state index in [1.807, 2.05) is 0 Å². The van der Waals surface area contributed by atoms with Gasteiger partial charge in [-0.2, -0.15) is 0 Å². The summed E-state index contributed by atoms with van der Waals surface area (Å²) < 4.78 is 0. The molecule has 0 aromatic carbocycles. The van der Waals surface area contributed by atoms with Crippen LogP contribution in [-0.4, -0.2) is 28.2 Å². The molecule has 0 rings (SSSR count). The van der Waals surface area contributed by atoms with E-state index in [2.05, 4.69) is 0 Å². The lowest BCUT2D eigenvalue weighted by Gasteiger charge is -2.12. The van der Waals surface area contributed by atoms with Crippen LogP contribution in [0.15, 0.2) is 0 Å². The van der Waals surface area contributed by atoms with E-state index in [1.165, 1.54) is 0 Å². The van der Waals surface area contributed by atoms with Crippen molar-refractivity contribution in [1.29, 1.82) is 0 Å². The topological polar surface area (TPSA) is 101 Å². The number of aliphatic carboxylic acids is 2. The quantitative estimate of drug-likeness (QED) is 0.557. The van der Waals surface area contributed by atoms with Crippen LogP contribution >= 0.6 is 0 Å². The van der Waals surface area contributed by atoms with Crippen molar-refractivity contribution in [2.75, 3.05) is 0 Å². The van der Waals surface area contributed by atoms with Gasteiger partial charge in [-0.1, -0.05) is 6.92 Å². The molecule has 5 heteroatoms. The lowest BCUT2D eigenvalue weighted by Crippen LogP contribution is -2.31. The smallest absolute Gasteiger partial charge is 0.320 e. The van der Waals surface area contributed by atoms with Gasteiger partial charge in [0.1, 0.15) is 6.04 Å². The largest absolute Gasteiger partial charge is 0.481 e. The highest BCUT2D eigenvalue weighted by molar-refractivity contribution is 5.73. The van der Waals surface area contributed by atoms with E-state index >= 15 is 0 Å². The first kappa shape index (κ1) is 11.9. The molecule has 0 aromatic heterocycles. The summed E-state index contributed by atoms with van der Waals surface area (Å²) in [6, 6.07) is -0.885. The summed E-state index contributed by atoms with van der Waals surface area (Å²) in [4.78, 5) is 20.5. The number of carboxylic acid groups (broad SMARTS) is 2. The molecule has 0 heterocycles. The minimum Gasteiger partial charge on any atom is -0.481 e. The first-order chi connectivity index (χ1) is 5.93. The third-order valence-electron chi connectivity index (χ3n) is 1.82. The Morgan fingerprint density at radius 3 is 2.31 bits per heavy atom. The molecule has 0 saturated heterocycles. The van der Waals surface area contributed by atoms with Crippen molar-refractivity contribution in [2.24, 2.45) is 11.7 Å². The minimum absolute atomic E-state index is 0.0298. The lowest BCUT2D eigenvalue weighted by atomic mass is 9.97. The Morgan fingerprint density at radius 1 is 1.38 bits per heavy atom. The standard InChI is InChI=1S/C8H15NO4/c1-5(2-3-7(10)11)4-6(9)8(12)13/h5-6H,2-4,9H2,1H3,(H,10,11)(H,12,13)/t5-,6+/m1/s1. The highest BCUT2D eigenvalue weighted by Gasteiger charge is 2.15. The van der Waals surface area contributed by atoms with Crippen LogP contribution in [0.2, 0.25) is 0 Å². The second kappa shape index (κ2) is 5.53. The maximum Gasteiger partial charge on any atom is 0.320 e. The summed E-state index contributed by atoms with van der Waals surface area (Å²) in [7, 11) is 0. The molecule has 0 spiro atoms. The highest BCUT2D eigenvalue weighted by atomic mass is 16.4. The van der Waals surface area contributed by atoms with Gasteiger partial charge in [-0.15, -0.1) is 0 Å². The van der Waals surface area contributed by atoms with E-state index in [9.17, 15) is 9.59 Å². The third-order valence-corrected chi connectivity index (χ3v) is 1.82. The summed E-state index contributed by atoms with van der Waals surface area (Å²) in [6.07, 6.45) is 0.854. The van der Waals surface area contributed by atoms with Gasteiger partial charge < -0.3 is 15.9 Å². The molecule has 0 amide bonds. The first-order valence-electron chi connectivity index (χ1n) is 4.13. The molecule has 0 aromatic rings. The highest BCUT2D eigenvalue weighted by Crippen LogP contribution is 2.11. The zero-order valence-electron chi connectivity index (χ0n) is 7.56. The van der Waals surface area contributed by atoms with Gasteiger partial charge in [0.05, 0.1) is 0 Å². The molecule has 0 aliphatic rings. The van der Waals surface area contributed by atoms with Crippen LogP contribution in [0.25, 0.3) is 0 Å². The van der Waals surface area contributed by atoms with Gasteiger partial charge in [0, 0.05) is 6.42 Å². The number of hydrogen-bond donors (Lipinski definition) is 3. The van der Waals surface area contributed by atoms with Crippen LogP contribution in [-0.2, 0) is 9.59 Å². The summed E-state index contributed by atoms with van der Waals surface area (Å²) in [5.41, 5.74) is 5.28. The fourth-order valence-corrected chi connectivity index (χ4v) is 1.02. The summed E-state index contributed by atoms with van der Waals surface area (Å²) in [5, 5.41) is 16.8. The Labute approximate surface area is 76.5 Å². The van der Waals surface area contributed by atoms with Crippen molar-refractivity contribution >= 4 is 11.9 Å². The van der Waals surface area contributed by atoms with E-state index < -0.39 is 18.0 Å². The van der Waals surface area contributed by atoms with E-state index in [1.54, 1.807) is 6.92 Å². The Bertz CT molecular complexity index is 193. The lowest BCUT2D eigenvalue weighted by molar-refractivity contribution is -0.138. The molecule has 0 aliphatic carbocycles. The van der Waals surface area contributed by atoms with Gasteiger partial charge in [0.2, 0.25) is 0 Å². The number of hydrogen-bond acceptors (Lipinski definition) is 3. The molecule has 0 aliphatic heterocycles. The molecule has 76 valence electrons. The minimum atomic E-state index is -1.04. The molecular formula is C8H15NO4. The van der Waals surface area contributed by atoms with Gasteiger partial charge >= 0.3 is 11.9 Å². The number of rotatable bonds is 6. The van der Waals surface area contributed by atoms with E-state index in [-0.39, 0.29) is 12.3 Å². The van der Waals surface area contributed by atoms with Crippen molar-refractivity contribution in [1.82, 2.24) is 0 Å². The first-order valence-corrected chi connectivity index (χ1v) is 4.13. The van der Waals surface area contributed by atoms with Crippen LogP contribution in [0.5, 0.6) is 0 Å². The molecule has 0 radical (unpaired) electrons. The molecular weight excluding hydrogens is 174 g/mol. The second-order valence-corrected chi connectivity index (χ2v) is 3.22. The zero-order chi connectivity index (χ0) is 10.4. The Hall–Kier alpha value is -1.10. The summed E-state index contributed by atoms with van der Waals surface area (Å²) in [6.45, 7) is 1.80. The van der Waals surface area contributed by atoms with Crippen LogP contribution in [0.3, 0.4) is 0 Å². The van der Waals surface area contributed by atoms with Crippen molar-refractivity contribution < 1.29 is 19.8 Å². The van der Waals surface area contributed by atoms with Crippen molar-refractivity contribution in [2.45, 2.75) is 32.2 Å². The fraction of sp³-hybridized carbons (Fsp3) is 0.750. The Morgan fingerprint density at radius 2 is 1.92 bits per heavy atom. The predicted molar refractivity (Wildman–Crippen MR) is 46.3 cm³/mol. The van der Waals surface area contributed by atoms with Crippen LogP contribution in [0, 0.1) is 5.92 Å². The maximum atomic E-state index is 10.3. The second-order valence-electron chi connectivity index (χ2n) is 3.22. The normalized spacial score (nSPS) is 14.9. The van der Waals surface area contributed by atoms with Crippen LogP contribution < -0.4 is 5.73 Å². The van der Waals surface area contributed by atoms with E-state index in [0.717, 1.165) is 0 Å². The van der Waals surface area contributed by atoms with Gasteiger partial charge in [-0.3, -0.25) is 9.59 Å². The molecule has 0 unspecified atom stereocenters. The predicted octanol–water partition coefficient (Wildman–Crippen LogP) is 0.289. The van der Waals surface area contributed by atoms with Crippen LogP contribution in [0.4, 0.5) is 0 Å². The summed E-state index contributed by atoms with van der Waals surface area (Å²) in [5.74, 6) is -1.87. The zero-order valence-corrected chi connectivity index (χ0v) is 7.56. The molecule has 5 nitrogen and oxygen atoms in total. The molecule has 4 N–H and O–H groups in total. The van der Waals surface area contributed by atoms with Gasteiger partial charge in [-0.25, -0.2) is 0 Å². The SMILES string of the molecule is C[C@H](CCC(=O)O)C[C@H](N)C(=O)O.